The molecule has 1 N–H and O–H groups in total. The van der Waals surface area contributed by atoms with Crippen molar-refractivity contribution in [2.24, 2.45) is 5.92 Å². The van der Waals surface area contributed by atoms with Crippen LogP contribution in [0.15, 0.2) is 0 Å². The first-order valence-electron chi connectivity index (χ1n) is 8.42. The zero-order valence-electron chi connectivity index (χ0n) is 12.7. The largest absolute Gasteiger partial charge is 0.379 e. The molecule has 0 aromatic heterocycles. The van der Waals surface area contributed by atoms with Gasteiger partial charge in [0, 0.05) is 19.1 Å². The summed E-state index contributed by atoms with van der Waals surface area (Å²) in [5.41, 5.74) is 0. The molecule has 19 heavy (non-hydrogen) atoms. The van der Waals surface area contributed by atoms with Crippen molar-refractivity contribution < 1.29 is 4.74 Å². The third-order valence-electron chi connectivity index (χ3n) is 4.73. The van der Waals surface area contributed by atoms with Crippen molar-refractivity contribution in [2.75, 3.05) is 39.4 Å². The molecule has 0 unspecified atom stereocenters. The Bertz CT molecular complexity index is 221. The molecule has 0 aromatic carbocycles. The molecule has 1 aliphatic carbocycles. The Morgan fingerprint density at radius 3 is 2.53 bits per heavy atom. The summed E-state index contributed by atoms with van der Waals surface area (Å²) in [5, 5.41) is 3.77. The van der Waals surface area contributed by atoms with Crippen molar-refractivity contribution in [3.63, 3.8) is 0 Å². The molecule has 1 saturated carbocycles. The molecular weight excluding hydrogens is 236 g/mol. The quantitative estimate of drug-likeness (QED) is 0.718. The van der Waals surface area contributed by atoms with Crippen LogP contribution in [0.25, 0.3) is 0 Å². The van der Waals surface area contributed by atoms with E-state index in [0.29, 0.717) is 0 Å². The molecule has 3 nitrogen and oxygen atoms in total. The first-order valence-corrected chi connectivity index (χ1v) is 8.42. The molecule has 0 atom stereocenters. The molecule has 1 saturated heterocycles. The fraction of sp³-hybridized carbons (Fsp3) is 1.00. The van der Waals surface area contributed by atoms with Gasteiger partial charge in [-0.25, -0.2) is 0 Å². The van der Waals surface area contributed by atoms with Crippen molar-refractivity contribution in [3.8, 4) is 0 Å². The Hall–Kier alpha value is -0.120. The van der Waals surface area contributed by atoms with Crippen LogP contribution in [0.4, 0.5) is 0 Å². The SMILES string of the molecule is CCCC1CCC(NCCCN2CCOCC2)CC1. The molecule has 0 radical (unpaired) electrons. The van der Waals surface area contributed by atoms with Crippen LogP contribution in [0.1, 0.15) is 51.9 Å². The minimum atomic E-state index is 0.804. The van der Waals surface area contributed by atoms with Gasteiger partial charge in [0.1, 0.15) is 0 Å². The van der Waals surface area contributed by atoms with Gasteiger partial charge in [-0.3, -0.25) is 4.90 Å². The zero-order valence-corrected chi connectivity index (χ0v) is 12.7. The standard InChI is InChI=1S/C16H32N2O/c1-2-4-15-5-7-16(8-6-15)17-9-3-10-18-11-13-19-14-12-18/h15-17H,2-14H2,1H3. The van der Waals surface area contributed by atoms with E-state index in [0.717, 1.165) is 38.3 Å². The summed E-state index contributed by atoms with van der Waals surface area (Å²) in [4.78, 5) is 2.53. The Kier molecular flexibility index (Phi) is 7.18. The summed E-state index contributed by atoms with van der Waals surface area (Å²) in [7, 11) is 0. The van der Waals surface area contributed by atoms with Crippen LogP contribution in [-0.2, 0) is 4.74 Å². The normalized spacial score (nSPS) is 29.5. The van der Waals surface area contributed by atoms with Gasteiger partial charge in [0.15, 0.2) is 0 Å². The third kappa shape index (κ3) is 5.80. The van der Waals surface area contributed by atoms with Crippen LogP contribution >= 0.6 is 0 Å². The molecule has 0 bridgehead atoms. The Morgan fingerprint density at radius 2 is 1.84 bits per heavy atom. The lowest BCUT2D eigenvalue weighted by Crippen LogP contribution is -2.39. The summed E-state index contributed by atoms with van der Waals surface area (Å²) in [6.07, 6.45) is 9.81. The van der Waals surface area contributed by atoms with E-state index in [1.165, 1.54) is 58.0 Å². The second kappa shape index (κ2) is 8.93. The number of rotatable bonds is 7. The second-order valence-corrected chi connectivity index (χ2v) is 6.27. The van der Waals surface area contributed by atoms with Gasteiger partial charge in [0.2, 0.25) is 0 Å². The van der Waals surface area contributed by atoms with Crippen molar-refractivity contribution in [1.82, 2.24) is 10.2 Å². The summed E-state index contributed by atoms with van der Waals surface area (Å²) in [5.74, 6) is 1.02. The highest BCUT2D eigenvalue weighted by molar-refractivity contribution is 4.77. The van der Waals surface area contributed by atoms with Gasteiger partial charge in [-0.2, -0.15) is 0 Å². The van der Waals surface area contributed by atoms with E-state index >= 15 is 0 Å². The molecular formula is C16H32N2O. The average molecular weight is 268 g/mol. The first kappa shape index (κ1) is 15.3. The van der Waals surface area contributed by atoms with Gasteiger partial charge in [0.05, 0.1) is 13.2 Å². The molecule has 2 fully saturated rings. The Labute approximate surface area is 119 Å². The van der Waals surface area contributed by atoms with Gasteiger partial charge in [0.25, 0.3) is 0 Å². The monoisotopic (exact) mass is 268 g/mol. The Balaban J connectivity index is 1.47. The van der Waals surface area contributed by atoms with Crippen molar-refractivity contribution in [2.45, 2.75) is 57.9 Å². The van der Waals surface area contributed by atoms with Crippen LogP contribution in [0.5, 0.6) is 0 Å². The molecule has 0 aromatic rings. The van der Waals surface area contributed by atoms with E-state index in [4.69, 9.17) is 4.74 Å². The van der Waals surface area contributed by atoms with Gasteiger partial charge in [-0.05, 0) is 51.1 Å². The second-order valence-electron chi connectivity index (χ2n) is 6.27. The number of nitrogens with one attached hydrogen (secondary N) is 1. The van der Waals surface area contributed by atoms with E-state index in [9.17, 15) is 0 Å². The summed E-state index contributed by atoms with van der Waals surface area (Å²) < 4.78 is 5.37. The first-order chi connectivity index (χ1) is 9.38. The average Bonchev–Trinajstić information content (AvgIpc) is 2.47. The maximum atomic E-state index is 5.37. The Morgan fingerprint density at radius 1 is 1.11 bits per heavy atom. The topological polar surface area (TPSA) is 24.5 Å². The van der Waals surface area contributed by atoms with E-state index in [1.54, 1.807) is 0 Å². The zero-order chi connectivity index (χ0) is 13.3. The molecule has 3 heteroatoms. The number of nitrogens with zero attached hydrogens (tertiary/aromatic N) is 1. The highest BCUT2D eigenvalue weighted by atomic mass is 16.5. The third-order valence-corrected chi connectivity index (χ3v) is 4.73. The van der Waals surface area contributed by atoms with Gasteiger partial charge in [-0.15, -0.1) is 0 Å². The van der Waals surface area contributed by atoms with Crippen LogP contribution in [0.3, 0.4) is 0 Å². The molecule has 1 heterocycles. The van der Waals surface area contributed by atoms with E-state index in [1.807, 2.05) is 0 Å². The van der Waals surface area contributed by atoms with E-state index in [2.05, 4.69) is 17.1 Å². The molecule has 1 aliphatic heterocycles. The number of morpholine rings is 1. The summed E-state index contributed by atoms with van der Waals surface area (Å²) in [6.45, 7) is 8.85. The highest BCUT2D eigenvalue weighted by Crippen LogP contribution is 2.27. The number of hydrogen-bond acceptors (Lipinski definition) is 3. The van der Waals surface area contributed by atoms with Crippen molar-refractivity contribution in [1.29, 1.82) is 0 Å². The molecule has 112 valence electrons. The van der Waals surface area contributed by atoms with Gasteiger partial charge < -0.3 is 10.1 Å². The minimum absolute atomic E-state index is 0.804. The number of hydrogen-bond donors (Lipinski definition) is 1. The van der Waals surface area contributed by atoms with Crippen LogP contribution in [-0.4, -0.2) is 50.3 Å². The van der Waals surface area contributed by atoms with Crippen LogP contribution < -0.4 is 5.32 Å². The molecule has 0 amide bonds. The van der Waals surface area contributed by atoms with Crippen LogP contribution in [0, 0.1) is 5.92 Å². The van der Waals surface area contributed by atoms with E-state index in [-0.39, 0.29) is 0 Å². The molecule has 2 aliphatic rings. The number of ether oxygens (including phenoxy) is 1. The predicted molar refractivity (Wildman–Crippen MR) is 80.5 cm³/mol. The molecule has 0 spiro atoms. The maximum Gasteiger partial charge on any atom is 0.0594 e. The van der Waals surface area contributed by atoms with Gasteiger partial charge >= 0.3 is 0 Å². The lowest BCUT2D eigenvalue weighted by Gasteiger charge is -2.30. The lowest BCUT2D eigenvalue weighted by molar-refractivity contribution is 0.0373. The van der Waals surface area contributed by atoms with Crippen molar-refractivity contribution >= 4 is 0 Å². The lowest BCUT2D eigenvalue weighted by atomic mass is 9.83. The fourth-order valence-electron chi connectivity index (χ4n) is 3.50. The van der Waals surface area contributed by atoms with Crippen molar-refractivity contribution in [3.05, 3.63) is 0 Å². The highest BCUT2D eigenvalue weighted by Gasteiger charge is 2.19. The molecule has 2 rings (SSSR count). The smallest absolute Gasteiger partial charge is 0.0594 e. The summed E-state index contributed by atoms with van der Waals surface area (Å²) in [6, 6.07) is 0.804. The van der Waals surface area contributed by atoms with E-state index < -0.39 is 0 Å². The fourth-order valence-corrected chi connectivity index (χ4v) is 3.50. The summed E-state index contributed by atoms with van der Waals surface area (Å²) >= 11 is 0. The minimum Gasteiger partial charge on any atom is -0.379 e. The van der Waals surface area contributed by atoms with Gasteiger partial charge in [-0.1, -0.05) is 19.8 Å². The van der Waals surface area contributed by atoms with Crippen LogP contribution in [0.2, 0.25) is 0 Å². The maximum absolute atomic E-state index is 5.37. The predicted octanol–water partition coefficient (Wildman–Crippen LogP) is 2.66.